The third kappa shape index (κ3) is 3.00. The zero-order chi connectivity index (χ0) is 13.1. The van der Waals surface area contributed by atoms with Crippen molar-refractivity contribution in [1.82, 2.24) is 9.97 Å². The minimum Gasteiger partial charge on any atom is -0.316 e. The fourth-order valence-electron chi connectivity index (χ4n) is 1.63. The van der Waals surface area contributed by atoms with Crippen LogP contribution in [0.1, 0.15) is 0 Å². The lowest BCUT2D eigenvalue weighted by molar-refractivity contribution is 1.28. The predicted octanol–water partition coefficient (Wildman–Crippen LogP) is 4.71. The van der Waals surface area contributed by atoms with Gasteiger partial charge in [-0.25, -0.2) is 9.97 Å². The second-order valence-corrected chi connectivity index (χ2v) is 5.83. The van der Waals surface area contributed by atoms with Crippen LogP contribution in [0.4, 0.5) is 10.9 Å². The van der Waals surface area contributed by atoms with E-state index in [9.17, 15) is 0 Å². The van der Waals surface area contributed by atoms with E-state index in [1.54, 1.807) is 17.5 Å². The molecule has 1 N–H and O–H groups in total. The van der Waals surface area contributed by atoms with Crippen molar-refractivity contribution in [3.8, 4) is 10.4 Å². The minimum absolute atomic E-state index is 0.789. The summed E-state index contributed by atoms with van der Waals surface area (Å²) in [5, 5.41) is 4.04. The maximum Gasteiger partial charge on any atom is 0.188 e. The highest BCUT2D eigenvalue weighted by molar-refractivity contribution is 9.10. The molecular weight excluding hydrogens is 322 g/mol. The standard InChI is InChI=1S/C14H10BrN3S/c15-11-6-7-13(16-8-11)18-14-17-9-12(19-14)10-4-2-1-3-5-10/h1-9H,(H,16,17,18). The first-order chi connectivity index (χ1) is 9.31. The molecule has 3 aromatic rings. The monoisotopic (exact) mass is 331 g/mol. The van der Waals surface area contributed by atoms with Gasteiger partial charge in [0.25, 0.3) is 0 Å². The van der Waals surface area contributed by atoms with Gasteiger partial charge in [-0.2, -0.15) is 0 Å². The molecule has 0 aliphatic rings. The van der Waals surface area contributed by atoms with E-state index in [4.69, 9.17) is 0 Å². The first kappa shape index (κ1) is 12.3. The van der Waals surface area contributed by atoms with Crippen molar-refractivity contribution in [2.75, 3.05) is 5.32 Å². The van der Waals surface area contributed by atoms with Crippen LogP contribution >= 0.6 is 27.3 Å². The number of thiazole rings is 1. The average molecular weight is 332 g/mol. The topological polar surface area (TPSA) is 37.8 Å². The van der Waals surface area contributed by atoms with Crippen molar-refractivity contribution in [1.29, 1.82) is 0 Å². The van der Waals surface area contributed by atoms with E-state index < -0.39 is 0 Å². The molecule has 1 aromatic carbocycles. The SMILES string of the molecule is Brc1ccc(Nc2ncc(-c3ccccc3)s2)nc1. The van der Waals surface area contributed by atoms with Crippen LogP contribution in [-0.4, -0.2) is 9.97 Å². The lowest BCUT2D eigenvalue weighted by Crippen LogP contribution is -1.91. The Balaban J connectivity index is 1.80. The Morgan fingerprint density at radius 3 is 2.53 bits per heavy atom. The Morgan fingerprint density at radius 1 is 0.947 bits per heavy atom. The molecule has 0 radical (unpaired) electrons. The maximum atomic E-state index is 4.37. The van der Waals surface area contributed by atoms with Crippen molar-refractivity contribution >= 4 is 38.2 Å². The van der Waals surface area contributed by atoms with Gasteiger partial charge in [0.2, 0.25) is 0 Å². The summed E-state index contributed by atoms with van der Waals surface area (Å²) in [5.74, 6) is 0.789. The summed E-state index contributed by atoms with van der Waals surface area (Å²) >= 11 is 4.97. The van der Waals surface area contributed by atoms with Crippen molar-refractivity contribution in [3.05, 3.63) is 59.3 Å². The van der Waals surface area contributed by atoms with Gasteiger partial charge in [-0.3, -0.25) is 0 Å². The fourth-order valence-corrected chi connectivity index (χ4v) is 2.69. The van der Waals surface area contributed by atoms with E-state index in [0.717, 1.165) is 20.3 Å². The Labute approximate surface area is 123 Å². The highest BCUT2D eigenvalue weighted by Gasteiger charge is 2.04. The molecule has 2 heterocycles. The van der Waals surface area contributed by atoms with Gasteiger partial charge in [0.1, 0.15) is 5.82 Å². The molecule has 0 fully saturated rings. The summed E-state index contributed by atoms with van der Waals surface area (Å²) in [7, 11) is 0. The van der Waals surface area contributed by atoms with Crippen molar-refractivity contribution in [2.45, 2.75) is 0 Å². The van der Waals surface area contributed by atoms with Crippen LogP contribution in [0.3, 0.4) is 0 Å². The third-order valence-corrected chi connectivity index (χ3v) is 3.96. The van der Waals surface area contributed by atoms with E-state index in [0.29, 0.717) is 0 Å². The first-order valence-corrected chi connectivity index (χ1v) is 7.32. The van der Waals surface area contributed by atoms with Crippen LogP contribution in [0.25, 0.3) is 10.4 Å². The number of hydrogen-bond acceptors (Lipinski definition) is 4. The van der Waals surface area contributed by atoms with E-state index in [1.807, 2.05) is 36.5 Å². The second-order valence-electron chi connectivity index (χ2n) is 3.88. The number of aromatic nitrogens is 2. The van der Waals surface area contributed by atoms with Crippen LogP contribution in [0.5, 0.6) is 0 Å². The van der Waals surface area contributed by atoms with Crippen molar-refractivity contribution < 1.29 is 0 Å². The molecule has 94 valence electrons. The highest BCUT2D eigenvalue weighted by Crippen LogP contribution is 2.30. The maximum absolute atomic E-state index is 4.37. The number of nitrogens with zero attached hydrogens (tertiary/aromatic N) is 2. The summed E-state index contributed by atoms with van der Waals surface area (Å²) in [6.07, 6.45) is 3.63. The zero-order valence-corrected chi connectivity index (χ0v) is 12.3. The van der Waals surface area contributed by atoms with Gasteiger partial charge >= 0.3 is 0 Å². The van der Waals surface area contributed by atoms with Crippen LogP contribution in [0.2, 0.25) is 0 Å². The number of anilines is 2. The summed E-state index contributed by atoms with van der Waals surface area (Å²) in [6, 6.07) is 14.1. The lowest BCUT2D eigenvalue weighted by atomic mass is 10.2. The Bertz CT molecular complexity index is 665. The first-order valence-electron chi connectivity index (χ1n) is 5.71. The molecule has 3 rings (SSSR count). The number of benzene rings is 1. The van der Waals surface area contributed by atoms with E-state index in [-0.39, 0.29) is 0 Å². The predicted molar refractivity (Wildman–Crippen MR) is 82.8 cm³/mol. The fraction of sp³-hybridized carbons (Fsp3) is 0. The molecule has 0 bridgehead atoms. The molecule has 0 saturated carbocycles. The van der Waals surface area contributed by atoms with Crippen LogP contribution < -0.4 is 5.32 Å². The molecule has 19 heavy (non-hydrogen) atoms. The summed E-state index contributed by atoms with van der Waals surface area (Å²) < 4.78 is 0.960. The molecule has 3 nitrogen and oxygen atoms in total. The molecule has 5 heteroatoms. The molecular formula is C14H10BrN3S. The number of halogens is 1. The largest absolute Gasteiger partial charge is 0.316 e. The molecule has 0 atom stereocenters. The average Bonchev–Trinajstić information content (AvgIpc) is 2.91. The Morgan fingerprint density at radius 2 is 1.79 bits per heavy atom. The summed E-state index contributed by atoms with van der Waals surface area (Å²) in [5.41, 5.74) is 1.18. The highest BCUT2D eigenvalue weighted by atomic mass is 79.9. The van der Waals surface area contributed by atoms with Crippen LogP contribution in [-0.2, 0) is 0 Å². The number of hydrogen-bond donors (Lipinski definition) is 1. The van der Waals surface area contributed by atoms with Crippen molar-refractivity contribution in [3.63, 3.8) is 0 Å². The van der Waals surface area contributed by atoms with Gasteiger partial charge in [0.05, 0.1) is 4.88 Å². The van der Waals surface area contributed by atoms with Gasteiger partial charge < -0.3 is 5.32 Å². The smallest absolute Gasteiger partial charge is 0.188 e. The third-order valence-electron chi connectivity index (χ3n) is 2.53. The van der Waals surface area contributed by atoms with Gasteiger partial charge in [-0.15, -0.1) is 0 Å². The van der Waals surface area contributed by atoms with Crippen molar-refractivity contribution in [2.24, 2.45) is 0 Å². The van der Waals surface area contributed by atoms with E-state index in [2.05, 4.69) is 43.3 Å². The van der Waals surface area contributed by atoms with Gasteiger partial charge in [-0.1, -0.05) is 41.7 Å². The van der Waals surface area contributed by atoms with E-state index >= 15 is 0 Å². The van der Waals surface area contributed by atoms with Gasteiger partial charge in [-0.05, 0) is 33.6 Å². The number of rotatable bonds is 3. The Hall–Kier alpha value is -1.72. The molecule has 0 spiro atoms. The van der Waals surface area contributed by atoms with E-state index in [1.165, 1.54) is 5.56 Å². The second kappa shape index (κ2) is 5.50. The molecule has 0 aliphatic carbocycles. The lowest BCUT2D eigenvalue weighted by Gasteiger charge is -2.00. The zero-order valence-electron chi connectivity index (χ0n) is 9.88. The Kier molecular flexibility index (Phi) is 3.57. The summed E-state index contributed by atoms with van der Waals surface area (Å²) in [6.45, 7) is 0. The molecule has 0 saturated heterocycles. The summed E-state index contributed by atoms with van der Waals surface area (Å²) in [4.78, 5) is 9.77. The molecule has 0 unspecified atom stereocenters. The minimum atomic E-state index is 0.789. The normalized spacial score (nSPS) is 10.4. The molecule has 2 aromatic heterocycles. The molecule has 0 amide bonds. The van der Waals surface area contributed by atoms with Crippen LogP contribution in [0, 0.1) is 0 Å². The number of nitrogens with one attached hydrogen (secondary N) is 1. The van der Waals surface area contributed by atoms with Gasteiger partial charge in [0.15, 0.2) is 5.13 Å². The molecule has 0 aliphatic heterocycles. The number of pyridine rings is 1. The quantitative estimate of drug-likeness (QED) is 0.755. The van der Waals surface area contributed by atoms with Gasteiger partial charge in [0, 0.05) is 16.9 Å². The van der Waals surface area contributed by atoms with Crippen LogP contribution in [0.15, 0.2) is 59.3 Å².